The highest BCUT2D eigenvalue weighted by Crippen LogP contribution is 1.88. The summed E-state index contributed by atoms with van der Waals surface area (Å²) in [5, 5.41) is 5.81. The van der Waals surface area contributed by atoms with Crippen molar-refractivity contribution >= 4 is 5.91 Å². The second-order valence-corrected chi connectivity index (χ2v) is 3.40. The molecule has 1 aromatic rings. The van der Waals surface area contributed by atoms with Crippen LogP contribution in [0.25, 0.3) is 0 Å². The number of aromatic amines is 1. The second-order valence-electron chi connectivity index (χ2n) is 3.40. The van der Waals surface area contributed by atoms with E-state index >= 15 is 0 Å². The molecule has 0 saturated carbocycles. The maximum atomic E-state index is 11.2. The van der Waals surface area contributed by atoms with E-state index in [4.69, 9.17) is 0 Å². The zero-order valence-electron chi connectivity index (χ0n) is 8.50. The van der Waals surface area contributed by atoms with E-state index in [2.05, 4.69) is 20.6 Å². The smallest absolute Gasteiger partial charge is 0.234 e. The van der Waals surface area contributed by atoms with Crippen molar-refractivity contribution in [3.63, 3.8) is 0 Å². The van der Waals surface area contributed by atoms with Gasteiger partial charge in [-0.3, -0.25) is 4.79 Å². The zero-order valence-corrected chi connectivity index (χ0v) is 8.50. The number of amides is 1. The van der Waals surface area contributed by atoms with Crippen LogP contribution in [0.4, 0.5) is 0 Å². The topological polar surface area (TPSA) is 69.8 Å². The molecule has 0 aromatic carbocycles. The third kappa shape index (κ3) is 4.04. The van der Waals surface area contributed by atoms with Crippen LogP contribution in [0.3, 0.4) is 0 Å². The van der Waals surface area contributed by atoms with Crippen molar-refractivity contribution in [2.75, 3.05) is 6.54 Å². The van der Waals surface area contributed by atoms with Crippen molar-refractivity contribution in [2.24, 2.45) is 0 Å². The first-order valence-electron chi connectivity index (χ1n) is 4.66. The lowest BCUT2D eigenvalue weighted by Gasteiger charge is -2.08. The van der Waals surface area contributed by atoms with Gasteiger partial charge in [-0.15, -0.1) is 0 Å². The second kappa shape index (κ2) is 5.39. The van der Waals surface area contributed by atoms with E-state index in [1.54, 1.807) is 12.5 Å². The van der Waals surface area contributed by atoms with Crippen molar-refractivity contribution in [2.45, 2.75) is 26.4 Å². The minimum absolute atomic E-state index is 0.0134. The van der Waals surface area contributed by atoms with Crippen LogP contribution in [0.1, 0.15) is 19.5 Å². The number of rotatable bonds is 5. The molecular formula is C9H16N4O. The lowest BCUT2D eigenvalue weighted by molar-refractivity contribution is -0.120. The molecule has 0 radical (unpaired) electrons. The minimum atomic E-state index is 0.0134. The van der Waals surface area contributed by atoms with E-state index in [1.807, 2.05) is 13.8 Å². The number of hydrogen-bond donors (Lipinski definition) is 3. The van der Waals surface area contributed by atoms with Gasteiger partial charge in [0.15, 0.2) is 0 Å². The molecule has 0 saturated heterocycles. The number of H-pyrrole nitrogens is 1. The van der Waals surface area contributed by atoms with Crippen molar-refractivity contribution in [3.8, 4) is 0 Å². The van der Waals surface area contributed by atoms with Gasteiger partial charge in [0.2, 0.25) is 5.91 Å². The average Bonchev–Trinajstić information content (AvgIpc) is 2.55. The first-order chi connectivity index (χ1) is 6.68. The number of nitrogens with one attached hydrogen (secondary N) is 3. The van der Waals surface area contributed by atoms with Crippen LogP contribution in [-0.4, -0.2) is 28.5 Å². The van der Waals surface area contributed by atoms with Gasteiger partial charge in [0.1, 0.15) is 0 Å². The molecule has 0 atom stereocenters. The number of hydrogen-bond acceptors (Lipinski definition) is 3. The van der Waals surface area contributed by atoms with Crippen LogP contribution < -0.4 is 10.6 Å². The van der Waals surface area contributed by atoms with E-state index in [1.165, 1.54) is 0 Å². The summed E-state index contributed by atoms with van der Waals surface area (Å²) in [5.41, 5.74) is 0.974. The highest BCUT2D eigenvalue weighted by atomic mass is 16.1. The van der Waals surface area contributed by atoms with Gasteiger partial charge in [-0.25, -0.2) is 4.98 Å². The standard InChI is InChI=1S/C9H16N4O/c1-7(2)13-9(14)5-10-3-8-4-11-6-12-8/h4,6-7,10H,3,5H2,1-2H3,(H,11,12)(H,13,14). The van der Waals surface area contributed by atoms with E-state index in [-0.39, 0.29) is 11.9 Å². The van der Waals surface area contributed by atoms with Crippen LogP contribution >= 0.6 is 0 Å². The van der Waals surface area contributed by atoms with Gasteiger partial charge in [0, 0.05) is 24.5 Å². The summed E-state index contributed by atoms with van der Waals surface area (Å²) in [7, 11) is 0. The molecule has 3 N–H and O–H groups in total. The molecule has 1 amide bonds. The van der Waals surface area contributed by atoms with Crippen LogP contribution in [-0.2, 0) is 11.3 Å². The summed E-state index contributed by atoms with van der Waals surface area (Å²) in [4.78, 5) is 18.0. The van der Waals surface area contributed by atoms with Crippen LogP contribution in [0.5, 0.6) is 0 Å². The number of carbonyl (C=O) groups excluding carboxylic acids is 1. The fraction of sp³-hybridized carbons (Fsp3) is 0.556. The van der Waals surface area contributed by atoms with Crippen molar-refractivity contribution < 1.29 is 4.79 Å². The molecule has 14 heavy (non-hydrogen) atoms. The van der Waals surface area contributed by atoms with Gasteiger partial charge in [0.05, 0.1) is 12.9 Å². The van der Waals surface area contributed by atoms with Crippen molar-refractivity contribution in [3.05, 3.63) is 18.2 Å². The molecule has 5 heteroatoms. The predicted molar refractivity (Wildman–Crippen MR) is 53.6 cm³/mol. The molecule has 0 fully saturated rings. The monoisotopic (exact) mass is 196 g/mol. The Balaban J connectivity index is 2.12. The van der Waals surface area contributed by atoms with Crippen LogP contribution in [0, 0.1) is 0 Å². The Labute approximate surface area is 83.3 Å². The maximum absolute atomic E-state index is 11.2. The zero-order chi connectivity index (χ0) is 10.4. The van der Waals surface area contributed by atoms with Crippen molar-refractivity contribution in [1.29, 1.82) is 0 Å². The van der Waals surface area contributed by atoms with E-state index in [0.717, 1.165) is 5.69 Å². The number of imidazole rings is 1. The summed E-state index contributed by atoms with van der Waals surface area (Å²) in [6.45, 7) is 4.84. The van der Waals surface area contributed by atoms with Gasteiger partial charge in [-0.05, 0) is 13.8 Å². The number of nitrogens with zero attached hydrogens (tertiary/aromatic N) is 1. The third-order valence-corrected chi connectivity index (χ3v) is 1.61. The summed E-state index contributed by atoms with van der Waals surface area (Å²) in [6.07, 6.45) is 3.35. The van der Waals surface area contributed by atoms with Gasteiger partial charge in [-0.1, -0.05) is 0 Å². The van der Waals surface area contributed by atoms with Gasteiger partial charge >= 0.3 is 0 Å². The van der Waals surface area contributed by atoms with Gasteiger partial charge < -0.3 is 15.6 Å². The van der Waals surface area contributed by atoms with Crippen molar-refractivity contribution in [1.82, 2.24) is 20.6 Å². The highest BCUT2D eigenvalue weighted by molar-refractivity contribution is 5.78. The van der Waals surface area contributed by atoms with Crippen LogP contribution in [0.15, 0.2) is 12.5 Å². The molecule has 78 valence electrons. The van der Waals surface area contributed by atoms with E-state index < -0.39 is 0 Å². The Kier molecular flexibility index (Phi) is 4.12. The molecule has 1 heterocycles. The number of carbonyl (C=O) groups is 1. The van der Waals surface area contributed by atoms with Gasteiger partial charge in [-0.2, -0.15) is 0 Å². The van der Waals surface area contributed by atoms with E-state index in [0.29, 0.717) is 13.1 Å². The first-order valence-corrected chi connectivity index (χ1v) is 4.66. The fourth-order valence-electron chi connectivity index (χ4n) is 1.07. The van der Waals surface area contributed by atoms with Gasteiger partial charge in [0.25, 0.3) is 0 Å². The van der Waals surface area contributed by atoms with Crippen LogP contribution in [0.2, 0.25) is 0 Å². The molecule has 0 unspecified atom stereocenters. The molecule has 0 spiro atoms. The lowest BCUT2D eigenvalue weighted by Crippen LogP contribution is -2.37. The molecule has 5 nitrogen and oxygen atoms in total. The molecule has 1 aromatic heterocycles. The Morgan fingerprint density at radius 2 is 2.43 bits per heavy atom. The normalized spacial score (nSPS) is 10.5. The number of aromatic nitrogens is 2. The maximum Gasteiger partial charge on any atom is 0.234 e. The largest absolute Gasteiger partial charge is 0.353 e. The highest BCUT2D eigenvalue weighted by Gasteiger charge is 2.02. The quantitative estimate of drug-likeness (QED) is 0.622. The first kappa shape index (κ1) is 10.7. The third-order valence-electron chi connectivity index (χ3n) is 1.61. The Morgan fingerprint density at radius 3 is 3.00 bits per heavy atom. The fourth-order valence-corrected chi connectivity index (χ4v) is 1.07. The SMILES string of the molecule is CC(C)NC(=O)CNCc1cnc[nH]1. The molecule has 1 rings (SSSR count). The van der Waals surface area contributed by atoms with E-state index in [9.17, 15) is 4.79 Å². The molecule has 0 aliphatic rings. The minimum Gasteiger partial charge on any atom is -0.353 e. The molecule has 0 aliphatic carbocycles. The lowest BCUT2D eigenvalue weighted by atomic mass is 10.4. The Hall–Kier alpha value is -1.36. The molecule has 0 aliphatic heterocycles. The Morgan fingerprint density at radius 1 is 1.64 bits per heavy atom. The molecular weight excluding hydrogens is 180 g/mol. The average molecular weight is 196 g/mol. The summed E-state index contributed by atoms with van der Waals surface area (Å²) < 4.78 is 0. The predicted octanol–water partition coefficient (Wildman–Crippen LogP) is 0.0239. The Bertz CT molecular complexity index is 268. The summed E-state index contributed by atoms with van der Waals surface area (Å²) in [5.74, 6) is 0.0134. The summed E-state index contributed by atoms with van der Waals surface area (Å²) >= 11 is 0. The molecule has 0 bridgehead atoms. The summed E-state index contributed by atoms with van der Waals surface area (Å²) in [6, 6.07) is 0.191.